The molecular formula is C43H42N6O5. The van der Waals surface area contributed by atoms with Gasteiger partial charge in [-0.15, -0.1) is 5.10 Å². The molecule has 0 spiro atoms. The topological polar surface area (TPSA) is 132 Å². The van der Waals surface area contributed by atoms with Gasteiger partial charge >= 0.3 is 0 Å². The van der Waals surface area contributed by atoms with Crippen molar-refractivity contribution >= 4 is 46.2 Å². The van der Waals surface area contributed by atoms with E-state index in [0.29, 0.717) is 67.7 Å². The number of amides is 3. The van der Waals surface area contributed by atoms with E-state index in [1.807, 2.05) is 97.9 Å². The van der Waals surface area contributed by atoms with E-state index in [9.17, 15) is 24.6 Å². The van der Waals surface area contributed by atoms with Crippen LogP contribution >= 0.6 is 0 Å². The van der Waals surface area contributed by atoms with Gasteiger partial charge in [0.15, 0.2) is 5.60 Å². The van der Waals surface area contributed by atoms with Crippen molar-refractivity contribution in [1.29, 1.82) is 0 Å². The van der Waals surface area contributed by atoms with E-state index in [1.165, 1.54) is 0 Å². The van der Waals surface area contributed by atoms with E-state index in [4.69, 9.17) is 0 Å². The summed E-state index contributed by atoms with van der Waals surface area (Å²) in [6.07, 6.45) is 8.77. The number of hydrogen-bond donors (Lipinski definition) is 2. The van der Waals surface area contributed by atoms with Crippen LogP contribution in [0, 0.1) is 5.92 Å². The second-order valence-corrected chi connectivity index (χ2v) is 14.2. The molecule has 3 aliphatic rings. The molecule has 0 saturated carbocycles. The lowest BCUT2D eigenvalue weighted by atomic mass is 9.82. The smallest absolute Gasteiger partial charge is 0.264 e. The van der Waals surface area contributed by atoms with Gasteiger partial charge in [0.2, 0.25) is 11.8 Å². The molecule has 0 unspecified atom stereocenters. The minimum Gasteiger partial charge on any atom is -0.396 e. The SMILES string of the molecule is C[C@H](/C=C/CCn1cc(CCO)nn1)[C@@]1(O)C(=O)N(Cc2ccc(N3C(=O)CCc4ccccc43)cc2)c2ccc(N3C(=O)CCc4ccccc43)cc21. The van der Waals surface area contributed by atoms with E-state index in [2.05, 4.69) is 16.4 Å². The van der Waals surface area contributed by atoms with Crippen LogP contribution in [0.1, 0.15) is 54.1 Å². The molecular weight excluding hydrogens is 681 g/mol. The van der Waals surface area contributed by atoms with Crippen molar-refractivity contribution in [3.8, 4) is 0 Å². The monoisotopic (exact) mass is 722 g/mol. The van der Waals surface area contributed by atoms with Crippen molar-refractivity contribution in [3.05, 3.63) is 137 Å². The Bertz CT molecular complexity index is 2260. The Morgan fingerprint density at radius 3 is 2.09 bits per heavy atom. The Morgan fingerprint density at radius 1 is 0.796 bits per heavy atom. The zero-order chi connectivity index (χ0) is 37.4. The van der Waals surface area contributed by atoms with Crippen LogP contribution in [0.2, 0.25) is 0 Å². The average molecular weight is 723 g/mol. The summed E-state index contributed by atoms with van der Waals surface area (Å²) < 4.78 is 1.71. The first-order chi connectivity index (χ1) is 26.3. The number of fused-ring (bicyclic) bond motifs is 3. The molecule has 3 amide bonds. The van der Waals surface area contributed by atoms with Gasteiger partial charge < -0.3 is 15.1 Å². The zero-order valence-electron chi connectivity index (χ0n) is 30.1. The Morgan fingerprint density at radius 2 is 1.43 bits per heavy atom. The van der Waals surface area contributed by atoms with Crippen molar-refractivity contribution in [2.45, 2.75) is 64.1 Å². The van der Waals surface area contributed by atoms with Gasteiger partial charge in [-0.25, -0.2) is 0 Å². The third-order valence-electron chi connectivity index (χ3n) is 10.8. The minimum absolute atomic E-state index is 0.00129. The first-order valence-electron chi connectivity index (χ1n) is 18.5. The highest BCUT2D eigenvalue weighted by molar-refractivity contribution is 6.09. The molecule has 0 bridgehead atoms. The number of allylic oxidation sites excluding steroid dienone is 1. The normalized spacial score (nSPS) is 18.6. The van der Waals surface area contributed by atoms with Crippen molar-refractivity contribution in [1.82, 2.24) is 15.0 Å². The Labute approximate surface area is 313 Å². The Hall–Kier alpha value is -5.91. The van der Waals surface area contributed by atoms with Crippen molar-refractivity contribution in [3.63, 3.8) is 0 Å². The van der Waals surface area contributed by atoms with Gasteiger partial charge in [0.25, 0.3) is 5.91 Å². The van der Waals surface area contributed by atoms with Crippen LogP contribution in [0.5, 0.6) is 0 Å². The molecule has 274 valence electrons. The molecule has 0 radical (unpaired) electrons. The van der Waals surface area contributed by atoms with Gasteiger partial charge in [0.1, 0.15) is 0 Å². The van der Waals surface area contributed by atoms with E-state index in [1.54, 1.807) is 31.6 Å². The lowest BCUT2D eigenvalue weighted by molar-refractivity contribution is -0.139. The quantitative estimate of drug-likeness (QED) is 0.159. The number of para-hydroxylation sites is 2. The third-order valence-corrected chi connectivity index (χ3v) is 10.8. The maximum absolute atomic E-state index is 14.6. The maximum Gasteiger partial charge on any atom is 0.264 e. The fraction of sp³-hybridized carbons (Fsp3) is 0.279. The van der Waals surface area contributed by atoms with Gasteiger partial charge in [-0.2, -0.15) is 0 Å². The van der Waals surface area contributed by atoms with E-state index in [0.717, 1.165) is 33.8 Å². The minimum atomic E-state index is -1.91. The molecule has 4 heterocycles. The highest BCUT2D eigenvalue weighted by Crippen LogP contribution is 2.48. The maximum atomic E-state index is 14.6. The molecule has 54 heavy (non-hydrogen) atoms. The van der Waals surface area contributed by atoms with Gasteiger partial charge in [-0.3, -0.25) is 28.9 Å². The number of hydrogen-bond acceptors (Lipinski definition) is 7. The number of anilines is 5. The number of aromatic nitrogens is 3. The molecule has 4 aromatic carbocycles. The largest absolute Gasteiger partial charge is 0.396 e. The fourth-order valence-corrected chi connectivity index (χ4v) is 7.91. The van der Waals surface area contributed by atoms with Gasteiger partial charge in [0, 0.05) is 61.5 Å². The van der Waals surface area contributed by atoms with Crippen LogP contribution in [0.25, 0.3) is 0 Å². The number of carbonyl (C=O) groups is 3. The second kappa shape index (κ2) is 14.5. The summed E-state index contributed by atoms with van der Waals surface area (Å²) in [6.45, 7) is 2.57. The Balaban J connectivity index is 1.10. The van der Waals surface area contributed by atoms with Crippen molar-refractivity contribution in [2.75, 3.05) is 21.3 Å². The summed E-state index contributed by atoms with van der Waals surface area (Å²) in [6, 6.07) is 28.9. The van der Waals surface area contributed by atoms with Crippen molar-refractivity contribution in [2.24, 2.45) is 5.92 Å². The van der Waals surface area contributed by atoms with Crippen LogP contribution in [0.3, 0.4) is 0 Å². The molecule has 5 aromatic rings. The van der Waals surface area contributed by atoms with Gasteiger partial charge in [0.05, 0.1) is 29.3 Å². The van der Waals surface area contributed by atoms with Crippen LogP contribution in [0.15, 0.2) is 109 Å². The predicted octanol–water partition coefficient (Wildman–Crippen LogP) is 6.05. The highest BCUT2D eigenvalue weighted by Gasteiger charge is 2.53. The standard InChI is InChI=1S/C43H42N6O5/c1-29(8-6-7-24-46-28-33(23-25-50)44-45-46)43(54)36-26-35(49-38-12-5-3-10-32(38)16-22-41(49)52)19-20-39(36)47(42(43)53)27-30-13-17-34(18-14-30)48-37-11-4-2-9-31(37)15-21-40(48)51/h2-6,8-14,17-20,26,28-29,50,54H,7,15-16,21-25,27H2,1H3/b8-6+/t29-,43+/m1/s1. The number of nitrogens with zero attached hydrogens (tertiary/aromatic N) is 6. The molecule has 3 aliphatic heterocycles. The van der Waals surface area contributed by atoms with E-state index >= 15 is 0 Å². The zero-order valence-corrected chi connectivity index (χ0v) is 30.1. The number of carbonyl (C=O) groups excluding carboxylic acids is 3. The van der Waals surface area contributed by atoms with E-state index in [-0.39, 0.29) is 25.0 Å². The van der Waals surface area contributed by atoms with Crippen LogP contribution in [0.4, 0.5) is 28.4 Å². The van der Waals surface area contributed by atoms with Gasteiger partial charge in [-0.05, 0) is 78.4 Å². The molecule has 8 rings (SSSR count). The third kappa shape index (κ3) is 6.29. The lowest BCUT2D eigenvalue weighted by Crippen LogP contribution is -2.44. The summed E-state index contributed by atoms with van der Waals surface area (Å²) >= 11 is 0. The van der Waals surface area contributed by atoms with Gasteiger partial charge in [-0.1, -0.05) is 72.8 Å². The molecule has 11 heteroatoms. The predicted molar refractivity (Wildman–Crippen MR) is 206 cm³/mol. The van der Waals surface area contributed by atoms with E-state index < -0.39 is 17.4 Å². The number of aliphatic hydroxyl groups excluding tert-OH is 1. The number of aryl methyl sites for hydroxylation is 3. The molecule has 0 fully saturated rings. The summed E-state index contributed by atoms with van der Waals surface area (Å²) in [4.78, 5) is 46.1. The summed E-state index contributed by atoms with van der Waals surface area (Å²) in [5, 5.41) is 30.0. The second-order valence-electron chi connectivity index (χ2n) is 14.2. The van der Waals surface area contributed by atoms with Crippen LogP contribution in [-0.2, 0) is 52.3 Å². The summed E-state index contributed by atoms with van der Waals surface area (Å²) in [5.74, 6) is -1.08. The van der Waals surface area contributed by atoms with Crippen molar-refractivity contribution < 1.29 is 24.6 Å². The Kier molecular flexibility index (Phi) is 9.43. The molecule has 1 aromatic heterocycles. The van der Waals surface area contributed by atoms with Crippen LogP contribution < -0.4 is 14.7 Å². The summed E-state index contributed by atoms with van der Waals surface area (Å²) in [7, 11) is 0. The fourth-order valence-electron chi connectivity index (χ4n) is 7.91. The first kappa shape index (κ1) is 35.1. The summed E-state index contributed by atoms with van der Waals surface area (Å²) in [5.41, 5.74) is 5.88. The average Bonchev–Trinajstić information content (AvgIpc) is 3.73. The molecule has 2 atom stereocenters. The lowest BCUT2D eigenvalue weighted by Gasteiger charge is -2.31. The number of aliphatic hydroxyl groups is 2. The number of benzene rings is 4. The molecule has 2 N–H and O–H groups in total. The molecule has 0 saturated heterocycles. The highest BCUT2D eigenvalue weighted by atomic mass is 16.3. The molecule has 11 nitrogen and oxygen atoms in total. The number of rotatable bonds is 11. The first-order valence-corrected chi connectivity index (χ1v) is 18.5. The molecule has 0 aliphatic carbocycles. The van der Waals surface area contributed by atoms with Crippen LogP contribution in [-0.4, -0.2) is 49.5 Å².